The summed E-state index contributed by atoms with van der Waals surface area (Å²) in [6, 6.07) is 0. The van der Waals surface area contributed by atoms with Crippen LogP contribution < -0.4 is 0 Å². The smallest absolute Gasteiger partial charge is 0 e. The summed E-state index contributed by atoms with van der Waals surface area (Å²) in [5.41, 5.74) is 13.2. The van der Waals surface area contributed by atoms with E-state index in [0.29, 0.717) is 0 Å². The first-order chi connectivity index (χ1) is 21.7. The third-order valence-electron chi connectivity index (χ3n) is 14.2. The topological polar surface area (TPSA) is 0 Å². The van der Waals surface area contributed by atoms with Gasteiger partial charge in [0.25, 0.3) is 0 Å². The van der Waals surface area contributed by atoms with Gasteiger partial charge in [-0.2, -0.15) is 0 Å². The highest BCUT2D eigenvalue weighted by molar-refractivity contribution is 15.0. The highest BCUT2D eigenvalue weighted by atomic mass is 128. The summed E-state index contributed by atoms with van der Waals surface area (Å²) in [7, 11) is 0. The fraction of sp³-hybridized carbons (Fsp3) is 0.822. The van der Waals surface area contributed by atoms with Crippen LogP contribution in [0.25, 0.3) is 0 Å². The second kappa shape index (κ2) is 23.8. The Labute approximate surface area is 322 Å². The van der Waals surface area contributed by atoms with Gasteiger partial charge in [-0.1, -0.05) is 154 Å². The van der Waals surface area contributed by atoms with E-state index >= 15 is 0 Å². The fourth-order valence-corrected chi connectivity index (χ4v) is 8.51. The molecule has 8 unspecified atom stereocenters. The number of rotatable bonds is 2. The average molecular weight is 879 g/mol. The molecule has 0 radical (unpaired) electrons. The Morgan fingerprint density at radius 2 is 0.468 bits per heavy atom. The number of halogens is 2. The van der Waals surface area contributed by atoms with E-state index in [4.69, 9.17) is 0 Å². The van der Waals surface area contributed by atoms with Crippen molar-refractivity contribution in [2.24, 2.45) is 71.0 Å². The van der Waals surface area contributed by atoms with Crippen molar-refractivity contribution in [2.75, 3.05) is 0 Å². The predicted molar refractivity (Wildman–Crippen MR) is 237 cm³/mol. The minimum Gasteiger partial charge on any atom is -0.0710 e. The van der Waals surface area contributed by atoms with Crippen LogP contribution in [0.1, 0.15) is 172 Å². The molecule has 278 valence electrons. The normalized spacial score (nSPS) is 36.0. The molecule has 0 fully saturated rings. The molecule has 2 heteroatoms. The van der Waals surface area contributed by atoms with Crippen molar-refractivity contribution in [3.8, 4) is 0 Å². The minimum atomic E-state index is 0.782. The molecule has 4 aliphatic rings. The zero-order chi connectivity index (χ0) is 37.7. The third-order valence-corrected chi connectivity index (χ3v) is 14.2. The van der Waals surface area contributed by atoms with E-state index in [2.05, 4.69) is 190 Å². The van der Waals surface area contributed by atoms with Crippen molar-refractivity contribution >= 4 is 37.2 Å². The summed E-state index contributed by atoms with van der Waals surface area (Å²) in [5, 5.41) is 0. The molecule has 4 rings (SSSR count). The highest BCUT2D eigenvalue weighted by Crippen LogP contribution is 2.50. The van der Waals surface area contributed by atoms with E-state index in [0.717, 1.165) is 71.0 Å². The lowest BCUT2D eigenvalue weighted by molar-refractivity contribution is 0.267. The Kier molecular flexibility index (Phi) is 25.1. The van der Waals surface area contributed by atoms with Crippen LogP contribution in [0.3, 0.4) is 0 Å². The Balaban J connectivity index is 0. The molecule has 0 bridgehead atoms. The molecule has 0 heterocycles. The summed E-state index contributed by atoms with van der Waals surface area (Å²) in [6.07, 6.45) is 3.88. The number of hydrogen-bond donors (Lipinski definition) is 0. The molecule has 0 amide bonds. The molecule has 0 saturated heterocycles. The Morgan fingerprint density at radius 1 is 0.319 bits per heavy atom. The Bertz CT molecular complexity index is 920. The second-order valence-electron chi connectivity index (χ2n) is 16.5. The summed E-state index contributed by atoms with van der Waals surface area (Å²) >= 11 is 4.24. The second-order valence-corrected chi connectivity index (χ2v) is 16.5. The molecule has 12 atom stereocenters. The van der Waals surface area contributed by atoms with E-state index in [1.165, 1.54) is 19.3 Å². The zero-order valence-electron chi connectivity index (χ0n) is 35.8. The lowest BCUT2D eigenvalue weighted by Crippen LogP contribution is -2.20. The van der Waals surface area contributed by atoms with Crippen LogP contribution in [0, 0.1) is 71.0 Å². The summed E-state index contributed by atoms with van der Waals surface area (Å²) in [5.74, 6) is 9.84. The van der Waals surface area contributed by atoms with Gasteiger partial charge >= 0.3 is 0 Å². The minimum absolute atomic E-state index is 0.782. The van der Waals surface area contributed by atoms with Crippen molar-refractivity contribution in [1.29, 1.82) is 0 Å². The first-order valence-corrected chi connectivity index (χ1v) is 25.8. The molecule has 0 spiro atoms. The van der Waals surface area contributed by atoms with Crippen molar-refractivity contribution < 1.29 is 0 Å². The first-order valence-electron chi connectivity index (χ1n) is 19.5. The molecule has 0 saturated carbocycles. The van der Waals surface area contributed by atoms with Crippen LogP contribution in [0.4, 0.5) is 0 Å². The number of hydrogen-bond acceptors (Lipinski definition) is 0. The van der Waals surface area contributed by atoms with Gasteiger partial charge in [-0.25, -0.2) is 0 Å². The van der Waals surface area contributed by atoms with Gasteiger partial charge in [0, 0.05) is 37.2 Å². The monoisotopic (exact) mass is 878 g/mol. The standard InChI is InChI=1S/C19H32.2C10H18.2C3H8.I2/c1-10-11(2)15(6)18(14(10)5)9-19-16(7)12(3)13(4)17(19)8;2*1-6-7(2)9(4)10(5)8(6)3;2*1-3-2;1-2/h10,12,14,16,18-19H,9H2,1-8H3;2*6-8H,1-5H3;2*3H2,1-2H3;/t10?,12?,14?,16?,18-,19-;2*6?,7-,8?;;;/m000.../s1. The van der Waals surface area contributed by atoms with Gasteiger partial charge < -0.3 is 0 Å². The fourth-order valence-electron chi connectivity index (χ4n) is 8.51. The van der Waals surface area contributed by atoms with Crippen molar-refractivity contribution in [3.05, 3.63) is 44.6 Å². The summed E-state index contributed by atoms with van der Waals surface area (Å²) < 4.78 is 0. The van der Waals surface area contributed by atoms with Crippen molar-refractivity contribution in [2.45, 2.75) is 172 Å². The molecular weight excluding hydrogens is 794 g/mol. The van der Waals surface area contributed by atoms with Gasteiger partial charge in [0.1, 0.15) is 0 Å². The maximum absolute atomic E-state index is 2.46. The highest BCUT2D eigenvalue weighted by Gasteiger charge is 2.40. The lowest BCUT2D eigenvalue weighted by atomic mass is 9.76. The lowest BCUT2D eigenvalue weighted by Gasteiger charge is -2.28. The quantitative estimate of drug-likeness (QED) is 0.192. The first kappa shape index (κ1) is 49.5. The largest absolute Gasteiger partial charge is 0.0710 e. The maximum Gasteiger partial charge on any atom is 0 e. The Morgan fingerprint density at radius 3 is 0.574 bits per heavy atom. The summed E-state index contributed by atoms with van der Waals surface area (Å²) in [4.78, 5) is 0. The van der Waals surface area contributed by atoms with Crippen molar-refractivity contribution in [1.82, 2.24) is 0 Å². The van der Waals surface area contributed by atoms with E-state index < -0.39 is 0 Å². The van der Waals surface area contributed by atoms with Gasteiger partial charge in [0.2, 0.25) is 0 Å². The average Bonchev–Trinajstić information content (AvgIpc) is 3.50. The van der Waals surface area contributed by atoms with E-state index in [-0.39, 0.29) is 0 Å². The Hall–Kier alpha value is 0.420. The molecule has 0 N–H and O–H groups in total. The van der Waals surface area contributed by atoms with Gasteiger partial charge in [0.15, 0.2) is 0 Å². The summed E-state index contributed by atoms with van der Waals surface area (Å²) in [6.45, 7) is 50.9. The maximum atomic E-state index is 2.46. The molecule has 0 nitrogen and oxygen atoms in total. The zero-order valence-corrected chi connectivity index (χ0v) is 40.1. The van der Waals surface area contributed by atoms with Crippen LogP contribution in [0.15, 0.2) is 44.6 Å². The predicted octanol–water partition coefficient (Wildman–Crippen LogP) is 16.9. The molecule has 47 heavy (non-hydrogen) atoms. The van der Waals surface area contributed by atoms with Crippen LogP contribution in [-0.4, -0.2) is 0 Å². The van der Waals surface area contributed by atoms with Gasteiger partial charge in [-0.3, -0.25) is 0 Å². The van der Waals surface area contributed by atoms with E-state index in [1.807, 2.05) is 0 Å². The molecule has 0 aromatic carbocycles. The van der Waals surface area contributed by atoms with Gasteiger partial charge in [-0.05, 0) is 133 Å². The van der Waals surface area contributed by atoms with Crippen molar-refractivity contribution in [3.63, 3.8) is 0 Å². The third kappa shape index (κ3) is 12.9. The van der Waals surface area contributed by atoms with Crippen LogP contribution in [0.5, 0.6) is 0 Å². The van der Waals surface area contributed by atoms with E-state index in [1.54, 1.807) is 44.6 Å². The SMILES string of the molecule is CC1=C(C)[C@@H](C)C(C)C1C.CC1=C(C)[C@@H](C)C(C)C1C.CC1=C(C)[C@@H](C[C@@H]2C(C)=C(C)C(C)C2C)C(C)C1C.CCC.CCC.II. The van der Waals surface area contributed by atoms with Gasteiger partial charge in [0.05, 0.1) is 0 Å². The van der Waals surface area contributed by atoms with Crippen LogP contribution in [0.2, 0.25) is 0 Å². The molecule has 0 aromatic rings. The van der Waals surface area contributed by atoms with Crippen LogP contribution >= 0.6 is 37.2 Å². The molecule has 4 aliphatic carbocycles. The van der Waals surface area contributed by atoms with E-state index in [9.17, 15) is 0 Å². The number of allylic oxidation sites excluding steroid dienone is 8. The molecular formula is C45H84I2. The molecule has 0 aliphatic heterocycles. The van der Waals surface area contributed by atoms with Gasteiger partial charge in [-0.15, -0.1) is 0 Å². The van der Waals surface area contributed by atoms with Crippen LogP contribution in [-0.2, 0) is 0 Å². The molecule has 0 aromatic heterocycles.